The molecule has 0 bridgehead atoms. The second kappa shape index (κ2) is 11.4. The quantitative estimate of drug-likeness (QED) is 0.471. The molecular formula is C27H37FN2O5Si. The van der Waals surface area contributed by atoms with Gasteiger partial charge in [-0.2, -0.15) is 0 Å². The van der Waals surface area contributed by atoms with Crippen molar-refractivity contribution in [3.8, 4) is 5.75 Å². The standard InChI is InChI=1S/C27H37FN2O5Si/c1-27(2,3)36(5,6)35-15-14-30-17-22(21-13-12-20(33-4)16-23(21)28)24(25(30)31)29-26(32)34-18-19-10-8-7-9-11-19/h7-13,16,22,24H,14-15,17-18H2,1-6H3,(H,29,32). The molecule has 36 heavy (non-hydrogen) atoms. The Labute approximate surface area is 214 Å². The molecule has 2 aromatic rings. The van der Waals surface area contributed by atoms with Gasteiger partial charge in [0.25, 0.3) is 0 Å². The maximum absolute atomic E-state index is 15.0. The van der Waals surface area contributed by atoms with E-state index in [-0.39, 0.29) is 24.1 Å². The van der Waals surface area contributed by atoms with E-state index in [4.69, 9.17) is 13.9 Å². The van der Waals surface area contributed by atoms with Crippen molar-refractivity contribution in [2.24, 2.45) is 0 Å². The third-order valence-electron chi connectivity index (χ3n) is 7.12. The van der Waals surface area contributed by atoms with Crippen LogP contribution in [-0.2, 0) is 20.6 Å². The topological polar surface area (TPSA) is 77.1 Å². The molecule has 2 unspecified atom stereocenters. The predicted octanol–water partition coefficient (Wildman–Crippen LogP) is 5.08. The van der Waals surface area contributed by atoms with Crippen molar-refractivity contribution >= 4 is 20.3 Å². The van der Waals surface area contributed by atoms with Gasteiger partial charge in [0, 0.05) is 25.1 Å². The molecule has 1 N–H and O–H groups in total. The minimum absolute atomic E-state index is 0.0450. The molecule has 0 aliphatic carbocycles. The molecule has 9 heteroatoms. The third-order valence-corrected chi connectivity index (χ3v) is 11.7. The lowest BCUT2D eigenvalue weighted by Crippen LogP contribution is -2.45. The Balaban J connectivity index is 1.74. The Morgan fingerprint density at radius 2 is 1.86 bits per heavy atom. The molecule has 1 aliphatic heterocycles. The first-order chi connectivity index (χ1) is 16.9. The van der Waals surface area contributed by atoms with Gasteiger partial charge in [-0.25, -0.2) is 9.18 Å². The average Bonchev–Trinajstić information content (AvgIpc) is 3.12. The van der Waals surface area contributed by atoms with Crippen LogP contribution in [0.3, 0.4) is 0 Å². The Morgan fingerprint density at radius 1 is 1.17 bits per heavy atom. The number of nitrogens with zero attached hydrogens (tertiary/aromatic N) is 1. The van der Waals surface area contributed by atoms with Crippen LogP contribution in [0.5, 0.6) is 5.75 Å². The van der Waals surface area contributed by atoms with E-state index in [2.05, 4.69) is 39.2 Å². The lowest BCUT2D eigenvalue weighted by atomic mass is 9.93. The number of methoxy groups -OCH3 is 1. The molecule has 3 rings (SSSR count). The van der Waals surface area contributed by atoms with Crippen molar-refractivity contribution < 1.29 is 27.9 Å². The predicted molar refractivity (Wildman–Crippen MR) is 139 cm³/mol. The Kier molecular flexibility index (Phi) is 8.79. The number of nitrogens with one attached hydrogen (secondary N) is 1. The van der Waals surface area contributed by atoms with Crippen LogP contribution < -0.4 is 10.1 Å². The van der Waals surface area contributed by atoms with E-state index in [0.29, 0.717) is 24.5 Å². The second-order valence-electron chi connectivity index (χ2n) is 10.6. The number of ether oxygens (including phenoxy) is 2. The van der Waals surface area contributed by atoms with E-state index in [1.54, 1.807) is 17.0 Å². The summed E-state index contributed by atoms with van der Waals surface area (Å²) in [6.45, 7) is 11.8. The summed E-state index contributed by atoms with van der Waals surface area (Å²) in [7, 11) is -0.524. The van der Waals surface area contributed by atoms with Crippen LogP contribution in [0.2, 0.25) is 18.1 Å². The number of alkyl carbamates (subject to hydrolysis) is 1. The number of likely N-dealkylation sites (tertiary alicyclic amines) is 1. The van der Waals surface area contributed by atoms with E-state index >= 15 is 0 Å². The molecule has 1 heterocycles. The van der Waals surface area contributed by atoms with Gasteiger partial charge >= 0.3 is 6.09 Å². The van der Waals surface area contributed by atoms with Gasteiger partial charge in [-0.3, -0.25) is 4.79 Å². The first kappa shape index (κ1) is 27.7. The molecule has 1 aliphatic rings. The van der Waals surface area contributed by atoms with Crippen molar-refractivity contribution in [1.29, 1.82) is 0 Å². The van der Waals surface area contributed by atoms with E-state index in [1.807, 2.05) is 30.3 Å². The Hall–Kier alpha value is -2.91. The molecule has 0 saturated carbocycles. The number of carbonyl (C=O) groups excluding carboxylic acids is 2. The SMILES string of the molecule is COc1ccc(C2CN(CCO[Si](C)(C)C(C)(C)C)C(=O)C2NC(=O)OCc2ccccc2)c(F)c1. The lowest BCUT2D eigenvalue weighted by molar-refractivity contribution is -0.129. The average molecular weight is 517 g/mol. The van der Waals surface area contributed by atoms with Crippen LogP contribution in [0, 0.1) is 5.82 Å². The van der Waals surface area contributed by atoms with Crippen molar-refractivity contribution in [2.75, 3.05) is 26.8 Å². The van der Waals surface area contributed by atoms with E-state index in [0.717, 1.165) is 5.56 Å². The number of hydrogen-bond acceptors (Lipinski definition) is 5. The first-order valence-electron chi connectivity index (χ1n) is 12.2. The summed E-state index contributed by atoms with van der Waals surface area (Å²) >= 11 is 0. The molecule has 0 aromatic heterocycles. The molecule has 0 spiro atoms. The normalized spacial score (nSPS) is 18.3. The molecule has 0 radical (unpaired) electrons. The van der Waals surface area contributed by atoms with Crippen molar-refractivity contribution in [3.05, 3.63) is 65.5 Å². The van der Waals surface area contributed by atoms with Gasteiger partial charge in [-0.05, 0) is 35.3 Å². The Morgan fingerprint density at radius 3 is 2.47 bits per heavy atom. The maximum Gasteiger partial charge on any atom is 0.408 e. The zero-order valence-corrected chi connectivity index (χ0v) is 23.0. The lowest BCUT2D eigenvalue weighted by Gasteiger charge is -2.36. The minimum Gasteiger partial charge on any atom is -0.497 e. The Bertz CT molecular complexity index is 1060. The van der Waals surface area contributed by atoms with Crippen LogP contribution in [0.1, 0.15) is 37.8 Å². The smallest absolute Gasteiger partial charge is 0.408 e. The summed E-state index contributed by atoms with van der Waals surface area (Å²) in [6.07, 6.45) is -0.726. The molecule has 196 valence electrons. The summed E-state index contributed by atoms with van der Waals surface area (Å²) in [5, 5.41) is 2.73. The highest BCUT2D eigenvalue weighted by atomic mass is 28.4. The molecular weight excluding hydrogens is 479 g/mol. The van der Waals surface area contributed by atoms with Gasteiger partial charge in [0.15, 0.2) is 8.32 Å². The fourth-order valence-electron chi connectivity index (χ4n) is 3.90. The number of hydrogen-bond donors (Lipinski definition) is 1. The van der Waals surface area contributed by atoms with Crippen LogP contribution in [-0.4, -0.2) is 58.1 Å². The number of halogens is 1. The number of carbonyl (C=O) groups is 2. The van der Waals surface area contributed by atoms with E-state index in [1.165, 1.54) is 13.2 Å². The maximum atomic E-state index is 15.0. The van der Waals surface area contributed by atoms with Gasteiger partial charge in [0.2, 0.25) is 5.91 Å². The van der Waals surface area contributed by atoms with Gasteiger partial charge in [-0.1, -0.05) is 57.2 Å². The van der Waals surface area contributed by atoms with Gasteiger partial charge in [-0.15, -0.1) is 0 Å². The first-order valence-corrected chi connectivity index (χ1v) is 15.1. The van der Waals surface area contributed by atoms with Crippen molar-refractivity contribution in [3.63, 3.8) is 0 Å². The number of benzene rings is 2. The highest BCUT2D eigenvalue weighted by Gasteiger charge is 2.44. The van der Waals surface area contributed by atoms with Crippen LogP contribution >= 0.6 is 0 Å². The summed E-state index contributed by atoms with van der Waals surface area (Å²) in [4.78, 5) is 27.6. The summed E-state index contributed by atoms with van der Waals surface area (Å²) < 4.78 is 31.7. The molecule has 1 fully saturated rings. The van der Waals surface area contributed by atoms with Gasteiger partial charge < -0.3 is 24.1 Å². The highest BCUT2D eigenvalue weighted by Crippen LogP contribution is 2.37. The van der Waals surface area contributed by atoms with Gasteiger partial charge in [0.05, 0.1) is 13.7 Å². The van der Waals surface area contributed by atoms with Crippen molar-refractivity contribution in [2.45, 2.75) is 57.5 Å². The monoisotopic (exact) mass is 516 g/mol. The fourth-order valence-corrected chi connectivity index (χ4v) is 4.93. The molecule has 1 saturated heterocycles. The van der Waals surface area contributed by atoms with Gasteiger partial charge in [0.1, 0.15) is 24.2 Å². The zero-order valence-electron chi connectivity index (χ0n) is 22.0. The van der Waals surface area contributed by atoms with Crippen LogP contribution in [0.15, 0.2) is 48.5 Å². The number of amides is 2. The van der Waals surface area contributed by atoms with E-state index in [9.17, 15) is 14.0 Å². The summed E-state index contributed by atoms with van der Waals surface area (Å²) in [6, 6.07) is 12.8. The third kappa shape index (κ3) is 6.64. The fraction of sp³-hybridized carbons (Fsp3) is 0.481. The van der Waals surface area contributed by atoms with Crippen molar-refractivity contribution in [1.82, 2.24) is 10.2 Å². The summed E-state index contributed by atoms with van der Waals surface area (Å²) in [5.41, 5.74) is 1.16. The zero-order chi connectivity index (χ0) is 26.5. The number of rotatable bonds is 9. The molecule has 2 amide bonds. The van der Waals surface area contributed by atoms with E-state index < -0.39 is 32.2 Å². The largest absolute Gasteiger partial charge is 0.497 e. The molecule has 7 nitrogen and oxygen atoms in total. The van der Waals surface area contributed by atoms with Crippen LogP contribution in [0.4, 0.5) is 9.18 Å². The summed E-state index contributed by atoms with van der Waals surface area (Å²) in [5.74, 6) is -0.978. The van der Waals surface area contributed by atoms with Crippen LogP contribution in [0.25, 0.3) is 0 Å². The highest BCUT2D eigenvalue weighted by molar-refractivity contribution is 6.74. The second-order valence-corrected chi connectivity index (χ2v) is 15.4. The molecule has 2 aromatic carbocycles. The molecule has 2 atom stereocenters. The minimum atomic E-state index is -1.99.